The summed E-state index contributed by atoms with van der Waals surface area (Å²) in [5, 5.41) is 3.37. The number of benzene rings is 1. The summed E-state index contributed by atoms with van der Waals surface area (Å²) in [7, 11) is 0. The highest BCUT2D eigenvalue weighted by molar-refractivity contribution is 5.30. The quantitative estimate of drug-likeness (QED) is 0.844. The molecule has 2 heteroatoms. The van der Waals surface area contributed by atoms with E-state index in [1.807, 2.05) is 0 Å². The minimum atomic E-state index is 0.344. The van der Waals surface area contributed by atoms with Crippen LogP contribution in [-0.2, 0) is 0 Å². The van der Waals surface area contributed by atoms with Gasteiger partial charge >= 0.3 is 0 Å². The molecule has 2 rings (SSSR count). The molecule has 88 valence electrons. The number of piperidine rings is 1. The van der Waals surface area contributed by atoms with Crippen molar-refractivity contribution in [1.29, 1.82) is 0 Å². The van der Waals surface area contributed by atoms with Crippen LogP contribution in [0.4, 0.5) is 0 Å². The molecule has 0 aliphatic carbocycles. The van der Waals surface area contributed by atoms with Crippen molar-refractivity contribution in [2.45, 2.75) is 38.7 Å². The Bertz CT molecular complexity index is 329. The molecule has 0 bridgehead atoms. The monoisotopic (exact) mass is 219 g/mol. The van der Waals surface area contributed by atoms with Gasteiger partial charge in [0, 0.05) is 6.54 Å². The molecule has 1 atom stereocenters. The van der Waals surface area contributed by atoms with Gasteiger partial charge in [0.05, 0.1) is 0 Å². The van der Waals surface area contributed by atoms with Gasteiger partial charge in [-0.1, -0.05) is 26.0 Å². The molecule has 0 aromatic heterocycles. The van der Waals surface area contributed by atoms with E-state index in [2.05, 4.69) is 43.4 Å². The molecule has 0 radical (unpaired) electrons. The molecule has 1 aliphatic heterocycles. The molecule has 1 fully saturated rings. The predicted octanol–water partition coefficient (Wildman–Crippen LogP) is 2.94. The van der Waals surface area contributed by atoms with E-state index in [0.717, 1.165) is 18.8 Å². The summed E-state index contributed by atoms with van der Waals surface area (Å²) in [5.41, 5.74) is 1.35. The maximum absolute atomic E-state index is 5.98. The lowest BCUT2D eigenvalue weighted by Gasteiger charge is -2.24. The zero-order valence-corrected chi connectivity index (χ0v) is 10.2. The summed E-state index contributed by atoms with van der Waals surface area (Å²) in [6.07, 6.45) is 2.73. The number of rotatable bonds is 3. The Morgan fingerprint density at radius 2 is 2.25 bits per heavy atom. The van der Waals surface area contributed by atoms with Gasteiger partial charge in [0.25, 0.3) is 0 Å². The summed E-state index contributed by atoms with van der Waals surface area (Å²) in [6.45, 7) is 6.53. The van der Waals surface area contributed by atoms with E-state index in [1.54, 1.807) is 0 Å². The molecular formula is C14H21NO. The summed E-state index contributed by atoms with van der Waals surface area (Å²) < 4.78 is 5.98. The smallest absolute Gasteiger partial charge is 0.120 e. The standard InChI is InChI=1S/C14H21NO/c1-11(2)12-5-3-6-13(9-12)16-14-7-4-8-15-10-14/h3,5-6,9,11,14-15H,4,7-8,10H2,1-2H3/t14-/m1/s1. The van der Waals surface area contributed by atoms with E-state index in [1.165, 1.54) is 18.4 Å². The van der Waals surface area contributed by atoms with Gasteiger partial charge in [0.2, 0.25) is 0 Å². The molecule has 0 amide bonds. The summed E-state index contributed by atoms with van der Waals surface area (Å²) in [5.74, 6) is 1.58. The molecule has 2 nitrogen and oxygen atoms in total. The van der Waals surface area contributed by atoms with Gasteiger partial charge in [0.15, 0.2) is 0 Å². The third-order valence-corrected chi connectivity index (χ3v) is 3.08. The Balaban J connectivity index is 2.00. The van der Waals surface area contributed by atoms with Crippen molar-refractivity contribution < 1.29 is 4.74 Å². The largest absolute Gasteiger partial charge is 0.489 e. The fourth-order valence-electron chi connectivity index (χ4n) is 2.06. The van der Waals surface area contributed by atoms with E-state index >= 15 is 0 Å². The van der Waals surface area contributed by atoms with Crippen molar-refractivity contribution in [2.24, 2.45) is 0 Å². The van der Waals surface area contributed by atoms with Crippen molar-refractivity contribution in [3.05, 3.63) is 29.8 Å². The van der Waals surface area contributed by atoms with Crippen LogP contribution in [0, 0.1) is 0 Å². The van der Waals surface area contributed by atoms with Gasteiger partial charge in [0.1, 0.15) is 11.9 Å². The minimum absolute atomic E-state index is 0.344. The SMILES string of the molecule is CC(C)c1cccc(O[C@@H]2CCCNC2)c1. The van der Waals surface area contributed by atoms with Crippen LogP contribution in [-0.4, -0.2) is 19.2 Å². The van der Waals surface area contributed by atoms with Crippen LogP contribution in [0.3, 0.4) is 0 Å². The lowest BCUT2D eigenvalue weighted by atomic mass is 10.0. The van der Waals surface area contributed by atoms with Gasteiger partial charge in [-0.25, -0.2) is 0 Å². The lowest BCUT2D eigenvalue weighted by molar-refractivity contribution is 0.167. The highest BCUT2D eigenvalue weighted by Crippen LogP contribution is 2.22. The average molecular weight is 219 g/mol. The molecule has 1 aromatic rings. The Hall–Kier alpha value is -1.02. The highest BCUT2D eigenvalue weighted by atomic mass is 16.5. The fourth-order valence-corrected chi connectivity index (χ4v) is 2.06. The number of ether oxygens (including phenoxy) is 1. The van der Waals surface area contributed by atoms with Crippen LogP contribution >= 0.6 is 0 Å². The minimum Gasteiger partial charge on any atom is -0.489 e. The van der Waals surface area contributed by atoms with Crippen LogP contribution in [0.25, 0.3) is 0 Å². The highest BCUT2D eigenvalue weighted by Gasteiger charge is 2.14. The van der Waals surface area contributed by atoms with Crippen LogP contribution in [0.5, 0.6) is 5.75 Å². The van der Waals surface area contributed by atoms with Crippen LogP contribution in [0.1, 0.15) is 38.2 Å². The average Bonchev–Trinajstić information content (AvgIpc) is 2.30. The molecule has 0 spiro atoms. The summed E-state index contributed by atoms with van der Waals surface area (Å²) >= 11 is 0. The van der Waals surface area contributed by atoms with E-state index in [4.69, 9.17) is 4.74 Å². The van der Waals surface area contributed by atoms with Gasteiger partial charge in [-0.3, -0.25) is 0 Å². The fraction of sp³-hybridized carbons (Fsp3) is 0.571. The summed E-state index contributed by atoms with van der Waals surface area (Å²) in [6, 6.07) is 8.47. The van der Waals surface area contributed by atoms with Crippen molar-refractivity contribution in [2.75, 3.05) is 13.1 Å². The van der Waals surface area contributed by atoms with Crippen molar-refractivity contribution in [1.82, 2.24) is 5.32 Å². The van der Waals surface area contributed by atoms with Gasteiger partial charge in [-0.2, -0.15) is 0 Å². The van der Waals surface area contributed by atoms with Gasteiger partial charge in [-0.05, 0) is 43.0 Å². The molecule has 1 aliphatic rings. The van der Waals surface area contributed by atoms with Crippen molar-refractivity contribution in [3.63, 3.8) is 0 Å². The number of hydrogen-bond donors (Lipinski definition) is 1. The molecule has 0 saturated carbocycles. The van der Waals surface area contributed by atoms with Gasteiger partial charge < -0.3 is 10.1 Å². The maximum Gasteiger partial charge on any atom is 0.120 e. The third-order valence-electron chi connectivity index (χ3n) is 3.08. The molecule has 1 heterocycles. The second kappa shape index (κ2) is 5.35. The van der Waals surface area contributed by atoms with Crippen molar-refractivity contribution >= 4 is 0 Å². The third kappa shape index (κ3) is 2.99. The first-order chi connectivity index (χ1) is 7.75. The zero-order valence-electron chi connectivity index (χ0n) is 10.2. The topological polar surface area (TPSA) is 21.3 Å². The molecule has 1 aromatic carbocycles. The van der Waals surface area contributed by atoms with Gasteiger partial charge in [-0.15, -0.1) is 0 Å². The van der Waals surface area contributed by atoms with E-state index < -0.39 is 0 Å². The van der Waals surface area contributed by atoms with Crippen LogP contribution < -0.4 is 10.1 Å². The predicted molar refractivity (Wildman–Crippen MR) is 67.1 cm³/mol. The normalized spacial score (nSPS) is 21.1. The Labute approximate surface area is 98.0 Å². The second-order valence-electron chi connectivity index (χ2n) is 4.81. The maximum atomic E-state index is 5.98. The molecule has 0 unspecified atom stereocenters. The number of hydrogen-bond acceptors (Lipinski definition) is 2. The van der Waals surface area contributed by atoms with Crippen LogP contribution in [0.15, 0.2) is 24.3 Å². The van der Waals surface area contributed by atoms with Crippen LogP contribution in [0.2, 0.25) is 0 Å². The Kier molecular flexibility index (Phi) is 3.83. The Morgan fingerprint density at radius 1 is 1.38 bits per heavy atom. The van der Waals surface area contributed by atoms with E-state index in [-0.39, 0.29) is 0 Å². The molecule has 16 heavy (non-hydrogen) atoms. The molecular weight excluding hydrogens is 198 g/mol. The first-order valence-corrected chi connectivity index (χ1v) is 6.23. The first-order valence-electron chi connectivity index (χ1n) is 6.23. The Morgan fingerprint density at radius 3 is 2.94 bits per heavy atom. The first kappa shape index (κ1) is 11.5. The molecule has 1 saturated heterocycles. The van der Waals surface area contributed by atoms with Crippen molar-refractivity contribution in [3.8, 4) is 5.75 Å². The van der Waals surface area contributed by atoms with E-state index in [0.29, 0.717) is 12.0 Å². The van der Waals surface area contributed by atoms with E-state index in [9.17, 15) is 0 Å². The molecule has 1 N–H and O–H groups in total. The summed E-state index contributed by atoms with van der Waals surface area (Å²) in [4.78, 5) is 0. The zero-order chi connectivity index (χ0) is 11.4. The number of nitrogens with one attached hydrogen (secondary N) is 1. The lowest BCUT2D eigenvalue weighted by Crippen LogP contribution is -2.37. The second-order valence-corrected chi connectivity index (χ2v) is 4.81.